The van der Waals surface area contributed by atoms with Crippen LogP contribution in [0.4, 0.5) is 5.69 Å². The molecular formula is C16H26N2O. The molecule has 1 aliphatic rings. The number of ether oxygens (including phenoxy) is 1. The van der Waals surface area contributed by atoms with Crippen LogP contribution in [0, 0.1) is 5.92 Å². The van der Waals surface area contributed by atoms with Gasteiger partial charge in [-0.3, -0.25) is 0 Å². The maximum absolute atomic E-state index is 6.16. The lowest BCUT2D eigenvalue weighted by atomic mass is 9.97. The highest BCUT2D eigenvalue weighted by Gasteiger charge is 2.21. The van der Waals surface area contributed by atoms with Crippen LogP contribution in [0.15, 0.2) is 24.3 Å². The Bertz CT molecular complexity index is 392. The van der Waals surface area contributed by atoms with Crippen molar-refractivity contribution >= 4 is 5.69 Å². The van der Waals surface area contributed by atoms with Crippen LogP contribution in [-0.2, 0) is 4.74 Å². The molecule has 0 spiro atoms. The van der Waals surface area contributed by atoms with Crippen LogP contribution >= 0.6 is 0 Å². The van der Waals surface area contributed by atoms with Gasteiger partial charge in [-0.2, -0.15) is 0 Å². The normalized spacial score (nSPS) is 18.7. The third-order valence-electron chi connectivity index (χ3n) is 3.73. The highest BCUT2D eigenvalue weighted by molar-refractivity contribution is 5.56. The van der Waals surface area contributed by atoms with Crippen LogP contribution in [0.5, 0.6) is 0 Å². The molecule has 3 heteroatoms. The average molecular weight is 262 g/mol. The largest absolute Gasteiger partial charge is 0.380 e. The molecule has 1 aromatic carbocycles. The monoisotopic (exact) mass is 262 g/mol. The lowest BCUT2D eigenvalue weighted by Crippen LogP contribution is -2.36. The number of benzene rings is 1. The van der Waals surface area contributed by atoms with Crippen LogP contribution < -0.4 is 10.6 Å². The SMILES string of the molecule is CC(C)CCOCCN1CCC(N)c2ccccc21. The van der Waals surface area contributed by atoms with Crippen molar-refractivity contribution in [2.24, 2.45) is 11.7 Å². The first-order valence-electron chi connectivity index (χ1n) is 7.35. The number of nitrogens with two attached hydrogens (primary N) is 1. The van der Waals surface area contributed by atoms with Crippen LogP contribution in [-0.4, -0.2) is 26.3 Å². The average Bonchev–Trinajstić information content (AvgIpc) is 2.41. The number of rotatable bonds is 6. The van der Waals surface area contributed by atoms with Gasteiger partial charge < -0.3 is 15.4 Å². The van der Waals surface area contributed by atoms with E-state index in [0.717, 1.165) is 39.1 Å². The molecule has 19 heavy (non-hydrogen) atoms. The molecule has 0 fully saturated rings. The van der Waals surface area contributed by atoms with E-state index >= 15 is 0 Å². The number of nitrogens with zero attached hydrogens (tertiary/aromatic N) is 1. The van der Waals surface area contributed by atoms with E-state index in [1.165, 1.54) is 11.3 Å². The summed E-state index contributed by atoms with van der Waals surface area (Å²) in [6, 6.07) is 8.66. The molecule has 0 saturated heterocycles. The molecule has 0 aromatic heterocycles. The molecule has 1 aliphatic heterocycles. The molecule has 0 amide bonds. The number of hydrogen-bond donors (Lipinski definition) is 1. The molecule has 2 N–H and O–H groups in total. The second kappa shape index (κ2) is 6.92. The third-order valence-corrected chi connectivity index (χ3v) is 3.73. The zero-order valence-corrected chi connectivity index (χ0v) is 12.1. The summed E-state index contributed by atoms with van der Waals surface area (Å²) < 4.78 is 5.72. The fourth-order valence-corrected chi connectivity index (χ4v) is 2.49. The third kappa shape index (κ3) is 3.95. The molecule has 3 nitrogen and oxygen atoms in total. The van der Waals surface area contributed by atoms with Crippen molar-refractivity contribution in [3.63, 3.8) is 0 Å². The number of para-hydroxylation sites is 1. The molecule has 0 aliphatic carbocycles. The van der Waals surface area contributed by atoms with E-state index in [0.29, 0.717) is 5.92 Å². The summed E-state index contributed by atoms with van der Waals surface area (Å²) >= 11 is 0. The van der Waals surface area contributed by atoms with Crippen molar-refractivity contribution < 1.29 is 4.74 Å². The van der Waals surface area contributed by atoms with E-state index in [1.54, 1.807) is 0 Å². The van der Waals surface area contributed by atoms with Crippen molar-refractivity contribution in [1.82, 2.24) is 0 Å². The second-order valence-corrected chi connectivity index (χ2v) is 5.74. The Morgan fingerprint density at radius 2 is 2.11 bits per heavy atom. The number of fused-ring (bicyclic) bond motifs is 1. The van der Waals surface area contributed by atoms with Gasteiger partial charge in [0.15, 0.2) is 0 Å². The van der Waals surface area contributed by atoms with E-state index in [2.05, 4.69) is 43.0 Å². The van der Waals surface area contributed by atoms with Crippen molar-refractivity contribution in [3.8, 4) is 0 Å². The van der Waals surface area contributed by atoms with Gasteiger partial charge in [-0.05, 0) is 30.4 Å². The van der Waals surface area contributed by atoms with E-state index in [-0.39, 0.29) is 6.04 Å². The van der Waals surface area contributed by atoms with E-state index in [4.69, 9.17) is 10.5 Å². The first kappa shape index (κ1) is 14.4. The Morgan fingerprint density at radius 1 is 1.32 bits per heavy atom. The number of anilines is 1. The van der Waals surface area contributed by atoms with E-state index in [9.17, 15) is 0 Å². The first-order chi connectivity index (χ1) is 9.18. The lowest BCUT2D eigenvalue weighted by Gasteiger charge is -2.34. The maximum Gasteiger partial charge on any atom is 0.0641 e. The molecule has 0 saturated carbocycles. The molecule has 2 rings (SSSR count). The first-order valence-corrected chi connectivity index (χ1v) is 7.35. The van der Waals surface area contributed by atoms with Gasteiger partial charge in [-0.1, -0.05) is 32.0 Å². The fourth-order valence-electron chi connectivity index (χ4n) is 2.49. The van der Waals surface area contributed by atoms with Crippen molar-refractivity contribution in [2.45, 2.75) is 32.7 Å². The van der Waals surface area contributed by atoms with E-state index in [1.807, 2.05) is 0 Å². The molecule has 106 valence electrons. The Balaban J connectivity index is 1.83. The van der Waals surface area contributed by atoms with Gasteiger partial charge in [-0.15, -0.1) is 0 Å². The summed E-state index contributed by atoms with van der Waals surface area (Å²) in [5, 5.41) is 0. The smallest absolute Gasteiger partial charge is 0.0641 e. The lowest BCUT2D eigenvalue weighted by molar-refractivity contribution is 0.129. The Labute approximate surface area is 116 Å². The van der Waals surface area contributed by atoms with Gasteiger partial charge in [0.1, 0.15) is 0 Å². The molecule has 1 heterocycles. The second-order valence-electron chi connectivity index (χ2n) is 5.74. The Kier molecular flexibility index (Phi) is 5.23. The quantitative estimate of drug-likeness (QED) is 0.801. The van der Waals surface area contributed by atoms with Crippen LogP contribution in [0.2, 0.25) is 0 Å². The van der Waals surface area contributed by atoms with Crippen LogP contribution in [0.3, 0.4) is 0 Å². The number of hydrogen-bond acceptors (Lipinski definition) is 3. The van der Waals surface area contributed by atoms with Gasteiger partial charge in [-0.25, -0.2) is 0 Å². The van der Waals surface area contributed by atoms with Gasteiger partial charge in [0, 0.05) is 31.4 Å². The van der Waals surface area contributed by atoms with Gasteiger partial charge in [0.25, 0.3) is 0 Å². The molecule has 0 bridgehead atoms. The molecule has 1 unspecified atom stereocenters. The highest BCUT2D eigenvalue weighted by Crippen LogP contribution is 2.31. The fraction of sp³-hybridized carbons (Fsp3) is 0.625. The minimum atomic E-state index is 0.189. The Morgan fingerprint density at radius 3 is 2.89 bits per heavy atom. The van der Waals surface area contributed by atoms with Gasteiger partial charge >= 0.3 is 0 Å². The van der Waals surface area contributed by atoms with Crippen LogP contribution in [0.1, 0.15) is 38.3 Å². The topological polar surface area (TPSA) is 38.5 Å². The minimum Gasteiger partial charge on any atom is -0.380 e. The zero-order chi connectivity index (χ0) is 13.7. The van der Waals surface area contributed by atoms with Gasteiger partial charge in [0.2, 0.25) is 0 Å². The predicted molar refractivity (Wildman–Crippen MR) is 80.5 cm³/mol. The Hall–Kier alpha value is -1.06. The van der Waals surface area contributed by atoms with Crippen LogP contribution in [0.25, 0.3) is 0 Å². The minimum absolute atomic E-state index is 0.189. The van der Waals surface area contributed by atoms with E-state index < -0.39 is 0 Å². The summed E-state index contributed by atoms with van der Waals surface area (Å²) in [6.07, 6.45) is 2.17. The summed E-state index contributed by atoms with van der Waals surface area (Å²) in [7, 11) is 0. The summed E-state index contributed by atoms with van der Waals surface area (Å²) in [4.78, 5) is 2.40. The summed E-state index contributed by atoms with van der Waals surface area (Å²) in [5.74, 6) is 0.716. The zero-order valence-electron chi connectivity index (χ0n) is 12.1. The maximum atomic E-state index is 6.16. The molecule has 0 radical (unpaired) electrons. The summed E-state index contributed by atoms with van der Waals surface area (Å²) in [5.41, 5.74) is 8.72. The highest BCUT2D eigenvalue weighted by atomic mass is 16.5. The van der Waals surface area contributed by atoms with Crippen molar-refractivity contribution in [1.29, 1.82) is 0 Å². The molecule has 1 atom stereocenters. The molecule has 1 aromatic rings. The molecular weight excluding hydrogens is 236 g/mol. The standard InChI is InChI=1S/C16H26N2O/c1-13(2)8-11-19-12-10-18-9-7-15(17)14-5-3-4-6-16(14)18/h3-6,13,15H,7-12,17H2,1-2H3. The van der Waals surface area contributed by atoms with Gasteiger partial charge in [0.05, 0.1) is 6.61 Å². The summed E-state index contributed by atoms with van der Waals surface area (Å²) in [6.45, 7) is 8.12. The predicted octanol–water partition coefficient (Wildman–Crippen LogP) is 2.96. The van der Waals surface area contributed by atoms with Crippen molar-refractivity contribution in [2.75, 3.05) is 31.2 Å². The van der Waals surface area contributed by atoms with Crippen molar-refractivity contribution in [3.05, 3.63) is 29.8 Å².